The summed E-state index contributed by atoms with van der Waals surface area (Å²) in [7, 11) is 0. The summed E-state index contributed by atoms with van der Waals surface area (Å²) in [5.41, 5.74) is 15.4. The van der Waals surface area contributed by atoms with Crippen molar-refractivity contribution < 1.29 is 0 Å². The lowest BCUT2D eigenvalue weighted by molar-refractivity contribution is 1.49. The van der Waals surface area contributed by atoms with Crippen LogP contribution in [0.1, 0.15) is 5.56 Å². The SMILES string of the molecule is N#Cc1ccc2c(-c3ccccc3-c3cc(-c4ccccc4)c4c(c3-c3ccccc3)-c3cccc5cccc-4c35)cccc2c1. The number of nitrogens with zero attached hydrogens (tertiary/aromatic N) is 1. The molecule has 0 saturated carbocycles. The lowest BCUT2D eigenvalue weighted by Gasteiger charge is -2.22. The van der Waals surface area contributed by atoms with E-state index in [0.29, 0.717) is 5.56 Å². The van der Waals surface area contributed by atoms with Crippen LogP contribution in [0.3, 0.4) is 0 Å². The van der Waals surface area contributed by atoms with Crippen molar-refractivity contribution >= 4 is 21.5 Å². The van der Waals surface area contributed by atoms with Crippen LogP contribution in [0, 0.1) is 11.3 Å². The van der Waals surface area contributed by atoms with Gasteiger partial charge in [0.25, 0.3) is 0 Å². The van der Waals surface area contributed by atoms with Crippen LogP contribution >= 0.6 is 0 Å². The largest absolute Gasteiger partial charge is 0.192 e. The van der Waals surface area contributed by atoms with E-state index in [1.807, 2.05) is 12.1 Å². The monoisotopic (exact) mass is 581 g/mol. The summed E-state index contributed by atoms with van der Waals surface area (Å²) < 4.78 is 0. The fourth-order valence-corrected chi connectivity index (χ4v) is 7.49. The van der Waals surface area contributed by atoms with E-state index >= 15 is 0 Å². The fraction of sp³-hybridized carbons (Fsp3) is 0. The van der Waals surface area contributed by atoms with Crippen LogP contribution in [-0.4, -0.2) is 0 Å². The normalized spacial score (nSPS) is 11.5. The summed E-state index contributed by atoms with van der Waals surface area (Å²) >= 11 is 0. The summed E-state index contributed by atoms with van der Waals surface area (Å²) in [5, 5.41) is 14.4. The van der Waals surface area contributed by atoms with Crippen molar-refractivity contribution in [3.8, 4) is 72.8 Å². The predicted molar refractivity (Wildman–Crippen MR) is 192 cm³/mol. The standard InChI is InChI=1S/C45H27N/c46-28-29-24-25-34-33(26-29)18-11-21-35(34)36-19-7-8-20-37(36)41-27-40(30-12-3-1-4-13-30)44-38-22-9-16-31-17-10-23-39(42(31)38)45(44)43(41)32-14-5-2-6-15-32/h1-27H. The number of hydrogen-bond donors (Lipinski definition) is 0. The Morgan fingerprint density at radius 1 is 0.348 bits per heavy atom. The molecule has 46 heavy (non-hydrogen) atoms. The summed E-state index contributed by atoms with van der Waals surface area (Å²) in [5.74, 6) is 0. The fourth-order valence-electron chi connectivity index (χ4n) is 7.49. The lowest BCUT2D eigenvalue weighted by atomic mass is 9.80. The molecule has 8 aromatic rings. The van der Waals surface area contributed by atoms with Crippen LogP contribution in [0.5, 0.6) is 0 Å². The molecule has 1 aliphatic rings. The Kier molecular flexibility index (Phi) is 5.95. The van der Waals surface area contributed by atoms with Crippen molar-refractivity contribution in [1.82, 2.24) is 0 Å². The van der Waals surface area contributed by atoms with Crippen molar-refractivity contribution in [1.29, 1.82) is 5.26 Å². The zero-order chi connectivity index (χ0) is 30.6. The molecule has 1 heteroatoms. The van der Waals surface area contributed by atoms with Crippen molar-refractivity contribution in [2.75, 3.05) is 0 Å². The summed E-state index contributed by atoms with van der Waals surface area (Å²) in [4.78, 5) is 0. The molecule has 0 radical (unpaired) electrons. The molecular weight excluding hydrogens is 555 g/mol. The van der Waals surface area contributed by atoms with E-state index in [0.717, 1.165) is 16.3 Å². The molecule has 0 heterocycles. The second-order valence-electron chi connectivity index (χ2n) is 11.9. The molecule has 0 fully saturated rings. The van der Waals surface area contributed by atoms with Crippen molar-refractivity contribution in [2.45, 2.75) is 0 Å². The second kappa shape index (κ2) is 10.4. The zero-order valence-electron chi connectivity index (χ0n) is 25.0. The van der Waals surface area contributed by atoms with Crippen LogP contribution in [0.15, 0.2) is 164 Å². The highest BCUT2D eigenvalue weighted by molar-refractivity contribution is 6.23. The Morgan fingerprint density at radius 3 is 1.61 bits per heavy atom. The molecule has 0 N–H and O–H groups in total. The minimum atomic E-state index is 0.671. The number of benzene rings is 8. The summed E-state index contributed by atoms with van der Waals surface area (Å²) in [6, 6.07) is 61.0. The van der Waals surface area contributed by atoms with Crippen molar-refractivity contribution in [3.05, 3.63) is 169 Å². The molecule has 9 rings (SSSR count). The van der Waals surface area contributed by atoms with Crippen molar-refractivity contribution in [3.63, 3.8) is 0 Å². The van der Waals surface area contributed by atoms with Gasteiger partial charge in [-0.25, -0.2) is 0 Å². The Labute approximate surface area is 268 Å². The van der Waals surface area contributed by atoms with Gasteiger partial charge in [0.15, 0.2) is 0 Å². The predicted octanol–water partition coefficient (Wildman–Crippen LogP) is 12.2. The first-order valence-electron chi connectivity index (χ1n) is 15.7. The molecule has 212 valence electrons. The first-order chi connectivity index (χ1) is 22.8. The van der Waals surface area contributed by atoms with Crippen LogP contribution in [0.4, 0.5) is 0 Å². The highest BCUT2D eigenvalue weighted by atomic mass is 14.3. The van der Waals surface area contributed by atoms with E-state index in [9.17, 15) is 5.26 Å². The number of fused-ring (bicyclic) bond motifs is 4. The molecular formula is C45H27N. The number of rotatable bonds is 4. The maximum Gasteiger partial charge on any atom is 0.0991 e. The van der Waals surface area contributed by atoms with E-state index < -0.39 is 0 Å². The minimum Gasteiger partial charge on any atom is -0.192 e. The average Bonchev–Trinajstić information content (AvgIpc) is 3.47. The lowest BCUT2D eigenvalue weighted by Crippen LogP contribution is -1.96. The van der Waals surface area contributed by atoms with E-state index in [-0.39, 0.29) is 0 Å². The smallest absolute Gasteiger partial charge is 0.0991 e. The van der Waals surface area contributed by atoms with Crippen LogP contribution in [-0.2, 0) is 0 Å². The van der Waals surface area contributed by atoms with Gasteiger partial charge in [-0.3, -0.25) is 0 Å². The molecule has 0 atom stereocenters. The van der Waals surface area contributed by atoms with Gasteiger partial charge in [0.1, 0.15) is 0 Å². The third-order valence-electron chi connectivity index (χ3n) is 9.43. The third-order valence-corrected chi connectivity index (χ3v) is 9.43. The highest BCUT2D eigenvalue weighted by Gasteiger charge is 2.30. The van der Waals surface area contributed by atoms with Gasteiger partial charge in [0, 0.05) is 0 Å². The van der Waals surface area contributed by atoms with Crippen LogP contribution in [0.25, 0.3) is 88.3 Å². The van der Waals surface area contributed by atoms with Gasteiger partial charge in [0.05, 0.1) is 11.6 Å². The average molecular weight is 582 g/mol. The third kappa shape index (κ3) is 3.95. The van der Waals surface area contributed by atoms with Crippen LogP contribution < -0.4 is 0 Å². The first-order valence-corrected chi connectivity index (χ1v) is 15.7. The minimum absolute atomic E-state index is 0.671. The summed E-state index contributed by atoms with van der Waals surface area (Å²) in [6.45, 7) is 0. The van der Waals surface area contributed by atoms with E-state index in [1.54, 1.807) is 0 Å². The quantitative estimate of drug-likeness (QED) is 0.203. The van der Waals surface area contributed by atoms with Gasteiger partial charge >= 0.3 is 0 Å². The van der Waals surface area contributed by atoms with Gasteiger partial charge in [-0.2, -0.15) is 5.26 Å². The zero-order valence-corrected chi connectivity index (χ0v) is 25.0. The van der Waals surface area contributed by atoms with Gasteiger partial charge in [0.2, 0.25) is 0 Å². The summed E-state index contributed by atoms with van der Waals surface area (Å²) in [6.07, 6.45) is 0. The molecule has 0 aromatic heterocycles. The van der Waals surface area contributed by atoms with Gasteiger partial charge in [-0.05, 0) is 107 Å². The highest BCUT2D eigenvalue weighted by Crippen LogP contribution is 2.57. The van der Waals surface area contributed by atoms with Gasteiger partial charge in [-0.15, -0.1) is 0 Å². The van der Waals surface area contributed by atoms with E-state index in [1.165, 1.54) is 72.0 Å². The first kappa shape index (κ1) is 26.2. The topological polar surface area (TPSA) is 23.8 Å². The van der Waals surface area contributed by atoms with Gasteiger partial charge in [-0.1, -0.05) is 146 Å². The molecule has 0 bridgehead atoms. The molecule has 1 nitrogen and oxygen atoms in total. The molecule has 0 saturated heterocycles. The molecule has 0 amide bonds. The van der Waals surface area contributed by atoms with E-state index in [4.69, 9.17) is 0 Å². The number of hydrogen-bond acceptors (Lipinski definition) is 1. The molecule has 0 unspecified atom stereocenters. The molecule has 0 spiro atoms. The number of nitriles is 1. The van der Waals surface area contributed by atoms with Crippen LogP contribution in [0.2, 0.25) is 0 Å². The maximum absolute atomic E-state index is 9.58. The molecule has 1 aliphatic carbocycles. The molecule has 0 aliphatic heterocycles. The Morgan fingerprint density at radius 2 is 0.913 bits per heavy atom. The Hall–Kier alpha value is -6.23. The Balaban J connectivity index is 1.44. The van der Waals surface area contributed by atoms with Gasteiger partial charge < -0.3 is 0 Å². The van der Waals surface area contributed by atoms with Crippen molar-refractivity contribution in [2.24, 2.45) is 0 Å². The Bertz CT molecular complexity index is 2510. The maximum atomic E-state index is 9.58. The molecule has 8 aromatic carbocycles. The second-order valence-corrected chi connectivity index (χ2v) is 11.9. The van der Waals surface area contributed by atoms with E-state index in [2.05, 4.69) is 158 Å².